The van der Waals surface area contributed by atoms with Gasteiger partial charge < -0.3 is 10.1 Å². The molecule has 82 valence electrons. The zero-order valence-corrected chi connectivity index (χ0v) is 8.90. The highest BCUT2D eigenvalue weighted by atomic mass is 16.3. The summed E-state index contributed by atoms with van der Waals surface area (Å²) in [4.78, 5) is 17.6. The molecular weight excluding hydrogens is 204 g/mol. The van der Waals surface area contributed by atoms with Crippen molar-refractivity contribution >= 4 is 0 Å². The summed E-state index contributed by atoms with van der Waals surface area (Å²) in [6.07, 6.45) is 0.963. The van der Waals surface area contributed by atoms with E-state index >= 15 is 0 Å². The second-order valence-corrected chi connectivity index (χ2v) is 3.50. The van der Waals surface area contributed by atoms with Crippen molar-refractivity contribution in [1.29, 1.82) is 0 Å². The van der Waals surface area contributed by atoms with Gasteiger partial charge in [0.05, 0.1) is 6.07 Å². The standard InChI is InChI=1S/C12H12N2O2/c1-2-8-3-5-9(6-4-8)12-13-10(15)7-11(16)14-12/h3-7H,2H2,1H3,(H2,13,14,15,16). The molecule has 1 heterocycles. The Kier molecular flexibility index (Phi) is 2.72. The Labute approximate surface area is 92.6 Å². The third kappa shape index (κ3) is 2.11. The Morgan fingerprint density at radius 2 is 2.00 bits per heavy atom. The lowest BCUT2D eigenvalue weighted by atomic mass is 10.1. The van der Waals surface area contributed by atoms with Gasteiger partial charge in [-0.25, -0.2) is 0 Å². The van der Waals surface area contributed by atoms with E-state index in [9.17, 15) is 9.90 Å². The number of aromatic amines is 1. The Balaban J connectivity index is 2.46. The number of aryl methyl sites for hydroxylation is 1. The van der Waals surface area contributed by atoms with Gasteiger partial charge in [-0.3, -0.25) is 4.79 Å². The predicted octanol–water partition coefficient (Wildman–Crippen LogP) is 1.70. The lowest BCUT2D eigenvalue weighted by Crippen LogP contribution is -2.06. The molecule has 2 aromatic rings. The summed E-state index contributed by atoms with van der Waals surface area (Å²) in [6.45, 7) is 2.07. The highest BCUT2D eigenvalue weighted by Crippen LogP contribution is 2.16. The van der Waals surface area contributed by atoms with Crippen molar-refractivity contribution in [3.8, 4) is 17.3 Å². The number of nitrogens with zero attached hydrogens (tertiary/aromatic N) is 1. The Hall–Kier alpha value is -2.10. The molecule has 0 atom stereocenters. The van der Waals surface area contributed by atoms with Crippen molar-refractivity contribution in [3.05, 3.63) is 46.2 Å². The first-order valence-corrected chi connectivity index (χ1v) is 5.08. The van der Waals surface area contributed by atoms with Crippen molar-refractivity contribution in [1.82, 2.24) is 9.97 Å². The summed E-state index contributed by atoms with van der Waals surface area (Å²) in [6, 6.07) is 8.73. The van der Waals surface area contributed by atoms with Crippen LogP contribution in [-0.2, 0) is 6.42 Å². The van der Waals surface area contributed by atoms with Crippen LogP contribution in [0.2, 0.25) is 0 Å². The molecule has 0 aliphatic carbocycles. The number of aromatic hydroxyl groups is 1. The second kappa shape index (κ2) is 4.18. The third-order valence-electron chi connectivity index (χ3n) is 2.36. The average molecular weight is 216 g/mol. The predicted molar refractivity (Wildman–Crippen MR) is 61.3 cm³/mol. The summed E-state index contributed by atoms with van der Waals surface area (Å²) in [7, 11) is 0. The fourth-order valence-electron chi connectivity index (χ4n) is 1.48. The SMILES string of the molecule is CCc1ccc(-c2nc(O)cc(=O)[nH]2)cc1. The molecule has 4 heteroatoms. The molecule has 0 saturated heterocycles. The van der Waals surface area contributed by atoms with Gasteiger partial charge in [-0.15, -0.1) is 0 Å². The zero-order chi connectivity index (χ0) is 11.5. The topological polar surface area (TPSA) is 66.0 Å². The van der Waals surface area contributed by atoms with Gasteiger partial charge in [-0.2, -0.15) is 4.98 Å². The fourth-order valence-corrected chi connectivity index (χ4v) is 1.48. The number of hydrogen-bond donors (Lipinski definition) is 2. The minimum atomic E-state index is -0.359. The number of aromatic nitrogens is 2. The molecule has 0 aliphatic rings. The molecule has 16 heavy (non-hydrogen) atoms. The average Bonchev–Trinajstić information content (AvgIpc) is 2.28. The van der Waals surface area contributed by atoms with Gasteiger partial charge in [-0.1, -0.05) is 31.2 Å². The Bertz CT molecular complexity index is 544. The van der Waals surface area contributed by atoms with E-state index in [4.69, 9.17) is 0 Å². The normalized spacial score (nSPS) is 10.3. The quantitative estimate of drug-likeness (QED) is 0.803. The molecule has 1 aromatic carbocycles. The summed E-state index contributed by atoms with van der Waals surface area (Å²) in [5.74, 6) is 0.117. The summed E-state index contributed by atoms with van der Waals surface area (Å²) >= 11 is 0. The molecule has 0 spiro atoms. The van der Waals surface area contributed by atoms with Crippen LogP contribution in [0.4, 0.5) is 0 Å². The second-order valence-electron chi connectivity index (χ2n) is 3.50. The van der Waals surface area contributed by atoms with E-state index in [1.165, 1.54) is 5.56 Å². The monoisotopic (exact) mass is 216 g/mol. The van der Waals surface area contributed by atoms with Crippen LogP contribution in [0.3, 0.4) is 0 Å². The number of nitrogens with one attached hydrogen (secondary N) is 1. The van der Waals surface area contributed by atoms with E-state index in [1.54, 1.807) is 0 Å². The van der Waals surface area contributed by atoms with Crippen molar-refractivity contribution in [3.63, 3.8) is 0 Å². The van der Waals surface area contributed by atoms with Gasteiger partial charge in [0.1, 0.15) is 5.82 Å². The summed E-state index contributed by atoms with van der Waals surface area (Å²) < 4.78 is 0. The molecule has 2 rings (SSSR count). The van der Waals surface area contributed by atoms with Gasteiger partial charge >= 0.3 is 0 Å². The summed E-state index contributed by atoms with van der Waals surface area (Å²) in [5, 5.41) is 9.22. The van der Waals surface area contributed by atoms with Crippen LogP contribution in [0.5, 0.6) is 5.88 Å². The van der Waals surface area contributed by atoms with Crippen LogP contribution >= 0.6 is 0 Å². The van der Waals surface area contributed by atoms with Crippen molar-refractivity contribution in [2.24, 2.45) is 0 Å². The van der Waals surface area contributed by atoms with Crippen LogP contribution in [0.1, 0.15) is 12.5 Å². The largest absolute Gasteiger partial charge is 0.493 e. The van der Waals surface area contributed by atoms with E-state index in [-0.39, 0.29) is 11.4 Å². The van der Waals surface area contributed by atoms with Crippen molar-refractivity contribution in [2.45, 2.75) is 13.3 Å². The Morgan fingerprint density at radius 1 is 1.31 bits per heavy atom. The minimum Gasteiger partial charge on any atom is -0.493 e. The van der Waals surface area contributed by atoms with Crippen molar-refractivity contribution in [2.75, 3.05) is 0 Å². The first-order valence-electron chi connectivity index (χ1n) is 5.08. The van der Waals surface area contributed by atoms with Crippen molar-refractivity contribution < 1.29 is 5.11 Å². The minimum absolute atomic E-state index is 0.265. The van der Waals surface area contributed by atoms with Crippen LogP contribution in [-0.4, -0.2) is 15.1 Å². The van der Waals surface area contributed by atoms with Crippen LogP contribution in [0.15, 0.2) is 35.1 Å². The molecular formula is C12H12N2O2. The van der Waals surface area contributed by atoms with Crippen LogP contribution in [0, 0.1) is 0 Å². The molecule has 0 aliphatic heterocycles. The van der Waals surface area contributed by atoms with E-state index in [0.717, 1.165) is 18.1 Å². The van der Waals surface area contributed by atoms with E-state index < -0.39 is 0 Å². The number of H-pyrrole nitrogens is 1. The van der Waals surface area contributed by atoms with Gasteiger partial charge in [0, 0.05) is 5.56 Å². The Morgan fingerprint density at radius 3 is 2.56 bits per heavy atom. The molecule has 4 nitrogen and oxygen atoms in total. The number of benzene rings is 1. The van der Waals surface area contributed by atoms with Gasteiger partial charge in [0.2, 0.25) is 5.88 Å². The molecule has 0 bridgehead atoms. The van der Waals surface area contributed by atoms with Gasteiger partial charge in [-0.05, 0) is 12.0 Å². The van der Waals surface area contributed by atoms with Gasteiger partial charge in [0.15, 0.2) is 0 Å². The van der Waals surface area contributed by atoms with E-state index in [0.29, 0.717) is 5.82 Å². The molecule has 0 fully saturated rings. The molecule has 2 N–H and O–H groups in total. The lowest BCUT2D eigenvalue weighted by molar-refractivity contribution is 0.452. The molecule has 0 amide bonds. The first-order chi connectivity index (χ1) is 7.69. The molecule has 0 saturated carbocycles. The number of hydrogen-bond acceptors (Lipinski definition) is 3. The zero-order valence-electron chi connectivity index (χ0n) is 8.90. The smallest absolute Gasteiger partial charge is 0.254 e. The maximum atomic E-state index is 11.2. The maximum absolute atomic E-state index is 11.2. The van der Waals surface area contributed by atoms with Gasteiger partial charge in [0.25, 0.3) is 5.56 Å². The molecule has 0 unspecified atom stereocenters. The maximum Gasteiger partial charge on any atom is 0.254 e. The molecule has 1 aromatic heterocycles. The lowest BCUT2D eigenvalue weighted by Gasteiger charge is -2.02. The summed E-state index contributed by atoms with van der Waals surface area (Å²) in [5.41, 5.74) is 1.64. The van der Waals surface area contributed by atoms with E-state index in [1.807, 2.05) is 24.3 Å². The van der Waals surface area contributed by atoms with Crippen LogP contribution < -0.4 is 5.56 Å². The third-order valence-corrected chi connectivity index (χ3v) is 2.36. The molecule has 0 radical (unpaired) electrons. The fraction of sp³-hybridized carbons (Fsp3) is 0.167. The highest BCUT2D eigenvalue weighted by molar-refractivity contribution is 5.55. The first kappa shape index (κ1) is 10.4. The van der Waals surface area contributed by atoms with Crippen LogP contribution in [0.25, 0.3) is 11.4 Å². The highest BCUT2D eigenvalue weighted by Gasteiger charge is 2.02. The number of rotatable bonds is 2. The van der Waals surface area contributed by atoms with E-state index in [2.05, 4.69) is 16.9 Å².